The maximum atomic E-state index is 10.8. The van der Waals surface area contributed by atoms with Crippen molar-refractivity contribution in [1.29, 1.82) is 0 Å². The van der Waals surface area contributed by atoms with Crippen LogP contribution in [0.3, 0.4) is 0 Å². The van der Waals surface area contributed by atoms with Crippen LogP contribution in [-0.2, 0) is 9.59 Å². The molecule has 0 aliphatic carbocycles. The Balaban J connectivity index is 3.15. The number of hydrogen-bond acceptors (Lipinski definition) is 2. The van der Waals surface area contributed by atoms with Crippen LogP contribution in [0, 0.1) is 5.92 Å². The molecule has 66 heavy (non-hydrogen) atoms. The molecule has 0 aliphatic rings. The van der Waals surface area contributed by atoms with Crippen molar-refractivity contribution in [3.63, 3.8) is 0 Å². The number of primary amides is 2. The Bertz CT molecular complexity index is 849. The van der Waals surface area contributed by atoms with Gasteiger partial charge in [-0.25, -0.2) is 0 Å². The van der Waals surface area contributed by atoms with Gasteiger partial charge in [0.1, 0.15) is 0 Å². The molecule has 2 amide bonds. The van der Waals surface area contributed by atoms with Gasteiger partial charge in [-0.3, -0.25) is 9.59 Å². The van der Waals surface area contributed by atoms with Crippen LogP contribution in [0.5, 0.6) is 0 Å². The number of amides is 2. The van der Waals surface area contributed by atoms with Crippen molar-refractivity contribution in [2.75, 3.05) is 0 Å². The predicted molar refractivity (Wildman–Crippen MR) is 295 cm³/mol. The third-order valence-corrected chi connectivity index (χ3v) is 15.2. The lowest BCUT2D eigenvalue weighted by molar-refractivity contribution is -0.119. The molecule has 0 bridgehead atoms. The van der Waals surface area contributed by atoms with Gasteiger partial charge < -0.3 is 11.5 Å². The monoisotopic (exact) mass is 929 g/mol. The summed E-state index contributed by atoms with van der Waals surface area (Å²) < 4.78 is 0. The van der Waals surface area contributed by atoms with Crippen LogP contribution in [0.4, 0.5) is 0 Å². The highest BCUT2D eigenvalue weighted by Crippen LogP contribution is 2.21. The summed E-state index contributed by atoms with van der Waals surface area (Å²) in [4.78, 5) is 21.5. The van der Waals surface area contributed by atoms with Crippen LogP contribution in [0.1, 0.15) is 379 Å². The van der Waals surface area contributed by atoms with E-state index in [4.69, 9.17) is 11.5 Å². The van der Waals surface area contributed by atoms with E-state index >= 15 is 0 Å². The van der Waals surface area contributed by atoms with E-state index in [1.807, 2.05) is 0 Å². The molecular weight excluding hydrogens is 805 g/mol. The minimum absolute atomic E-state index is 0.147. The molecule has 4 heteroatoms. The van der Waals surface area contributed by atoms with Gasteiger partial charge in [-0.2, -0.15) is 0 Å². The zero-order chi connectivity index (χ0) is 47.7. The quantitative estimate of drug-likeness (QED) is 0.0595. The van der Waals surface area contributed by atoms with E-state index in [1.165, 1.54) is 347 Å². The number of carbonyl (C=O) groups excluding carboxylic acids is 2. The lowest BCUT2D eigenvalue weighted by Crippen LogP contribution is -2.09. The zero-order valence-corrected chi connectivity index (χ0v) is 45.6. The molecule has 0 radical (unpaired) electrons. The van der Waals surface area contributed by atoms with Gasteiger partial charge in [0.25, 0.3) is 0 Å². The van der Waals surface area contributed by atoms with Crippen LogP contribution >= 0.6 is 0 Å². The van der Waals surface area contributed by atoms with Crippen molar-refractivity contribution in [3.05, 3.63) is 0 Å². The fraction of sp³-hybridized carbons (Fsp3) is 0.968. The Morgan fingerprint density at radius 2 is 0.318 bits per heavy atom. The second-order valence-corrected chi connectivity index (χ2v) is 22.2. The molecule has 0 fully saturated rings. The molecule has 394 valence electrons. The first kappa shape index (κ1) is 64.9. The summed E-state index contributed by atoms with van der Waals surface area (Å²) in [6, 6.07) is 0. The third-order valence-electron chi connectivity index (χ3n) is 15.2. The van der Waals surface area contributed by atoms with Crippen molar-refractivity contribution >= 4 is 11.8 Å². The van der Waals surface area contributed by atoms with Crippen molar-refractivity contribution in [3.8, 4) is 0 Å². The summed E-state index contributed by atoms with van der Waals surface area (Å²) in [6.07, 6.45) is 80.6. The van der Waals surface area contributed by atoms with Crippen LogP contribution in [0.25, 0.3) is 0 Å². The second kappa shape index (κ2) is 58.3. The fourth-order valence-electron chi connectivity index (χ4n) is 10.6. The van der Waals surface area contributed by atoms with Gasteiger partial charge in [0.2, 0.25) is 11.8 Å². The average Bonchev–Trinajstić information content (AvgIpc) is 3.30. The molecule has 0 atom stereocenters. The van der Waals surface area contributed by atoms with E-state index in [-0.39, 0.29) is 11.8 Å². The normalized spacial score (nSPS) is 11.7. The predicted octanol–water partition coefficient (Wildman–Crippen LogP) is 21.2. The van der Waals surface area contributed by atoms with Crippen LogP contribution in [-0.4, -0.2) is 11.8 Å². The molecule has 0 aromatic carbocycles. The van der Waals surface area contributed by atoms with E-state index in [0.29, 0.717) is 12.8 Å². The highest BCUT2D eigenvalue weighted by molar-refractivity contribution is 5.73. The highest BCUT2D eigenvalue weighted by Gasteiger charge is 2.04. The van der Waals surface area contributed by atoms with Crippen molar-refractivity contribution in [2.45, 2.75) is 379 Å². The van der Waals surface area contributed by atoms with E-state index in [2.05, 4.69) is 6.92 Å². The molecule has 0 saturated heterocycles. The molecule has 0 rings (SSSR count). The highest BCUT2D eigenvalue weighted by atomic mass is 16.1. The molecule has 0 aliphatic heterocycles. The standard InChI is InChI=1S/C62H124N2O2/c1-60(56-52-48-44-40-36-32-28-24-20-16-12-8-4-2-6-10-14-18-22-26-30-34-38-42-46-50-54-58-61(63)65)57-53-49-45-41-37-33-29-25-21-17-13-9-5-3-7-11-15-19-23-27-31-35-39-43-47-51-55-59-62(64)66/h60H,2-59H2,1H3,(H2,63,65)(H2,64,66). The number of unbranched alkanes of at least 4 members (excludes halogenated alkanes) is 52. The molecule has 0 saturated carbocycles. The van der Waals surface area contributed by atoms with Gasteiger partial charge in [-0.15, -0.1) is 0 Å². The molecule has 0 heterocycles. The van der Waals surface area contributed by atoms with E-state index in [9.17, 15) is 9.59 Å². The van der Waals surface area contributed by atoms with E-state index in [1.54, 1.807) is 0 Å². The smallest absolute Gasteiger partial charge is 0.217 e. The summed E-state index contributed by atoms with van der Waals surface area (Å²) >= 11 is 0. The summed E-state index contributed by atoms with van der Waals surface area (Å²) in [5, 5.41) is 0. The van der Waals surface area contributed by atoms with Gasteiger partial charge in [-0.1, -0.05) is 354 Å². The maximum absolute atomic E-state index is 10.8. The third kappa shape index (κ3) is 61.0. The van der Waals surface area contributed by atoms with Gasteiger partial charge in [-0.05, 0) is 18.8 Å². The second-order valence-electron chi connectivity index (χ2n) is 22.2. The van der Waals surface area contributed by atoms with Gasteiger partial charge >= 0.3 is 0 Å². The average molecular weight is 930 g/mol. The SMILES string of the molecule is CC(CCCCCCCCCCCCCCCCCCCCCCCCCCCCCC(N)=O)CCCCCCCCCCCCCCCCCCCCCCCCCCCCCC(N)=O. The van der Waals surface area contributed by atoms with Crippen LogP contribution in [0.15, 0.2) is 0 Å². The molecular formula is C62H124N2O2. The van der Waals surface area contributed by atoms with Crippen molar-refractivity contribution in [1.82, 2.24) is 0 Å². The molecule has 0 unspecified atom stereocenters. The Hall–Kier alpha value is -1.06. The first-order chi connectivity index (χ1) is 32.5. The lowest BCUT2D eigenvalue weighted by Gasteiger charge is -2.11. The Morgan fingerprint density at radius 3 is 0.439 bits per heavy atom. The Morgan fingerprint density at radius 1 is 0.212 bits per heavy atom. The fourth-order valence-corrected chi connectivity index (χ4v) is 10.6. The minimum Gasteiger partial charge on any atom is -0.370 e. The van der Waals surface area contributed by atoms with Crippen LogP contribution in [0.2, 0.25) is 0 Å². The number of rotatable bonds is 60. The topological polar surface area (TPSA) is 86.2 Å². The molecule has 4 nitrogen and oxygen atoms in total. The van der Waals surface area contributed by atoms with Gasteiger partial charge in [0.15, 0.2) is 0 Å². The lowest BCUT2D eigenvalue weighted by atomic mass is 9.95. The summed E-state index contributed by atoms with van der Waals surface area (Å²) in [5.74, 6) is 0.651. The zero-order valence-electron chi connectivity index (χ0n) is 45.6. The number of carbonyl (C=O) groups is 2. The molecule has 0 aromatic rings. The van der Waals surface area contributed by atoms with E-state index < -0.39 is 0 Å². The van der Waals surface area contributed by atoms with Crippen LogP contribution < -0.4 is 11.5 Å². The maximum Gasteiger partial charge on any atom is 0.217 e. The Labute approximate surface area is 416 Å². The molecule has 0 spiro atoms. The number of hydrogen-bond donors (Lipinski definition) is 2. The first-order valence-corrected chi connectivity index (χ1v) is 31.1. The van der Waals surface area contributed by atoms with Gasteiger partial charge in [0, 0.05) is 12.8 Å². The number of nitrogens with two attached hydrogens (primary N) is 2. The minimum atomic E-state index is -0.147. The molecule has 4 N–H and O–H groups in total. The summed E-state index contributed by atoms with van der Waals surface area (Å²) in [5.41, 5.74) is 10.4. The largest absolute Gasteiger partial charge is 0.370 e. The van der Waals surface area contributed by atoms with Crippen molar-refractivity contribution < 1.29 is 9.59 Å². The van der Waals surface area contributed by atoms with E-state index in [0.717, 1.165) is 18.8 Å². The summed E-state index contributed by atoms with van der Waals surface area (Å²) in [7, 11) is 0. The Kier molecular flexibility index (Phi) is 57.3. The van der Waals surface area contributed by atoms with Crippen molar-refractivity contribution in [2.24, 2.45) is 17.4 Å². The molecule has 0 aromatic heterocycles. The van der Waals surface area contributed by atoms with Gasteiger partial charge in [0.05, 0.1) is 0 Å². The summed E-state index contributed by atoms with van der Waals surface area (Å²) in [6.45, 7) is 2.52. The first-order valence-electron chi connectivity index (χ1n) is 31.1.